The van der Waals surface area contributed by atoms with E-state index in [9.17, 15) is 4.79 Å². The number of ether oxygens (including phenoxy) is 1. The monoisotopic (exact) mass is 245 g/mol. The molecule has 0 aromatic carbocycles. The first kappa shape index (κ1) is 14.4. The standard InChI is InChI=1S/C11H23N3O3/c1-9-7-13-10(8-12-9)11(16)14(3-5-15)4-6-17-2/h9-10,12-13,15H,3-8H2,1-2H3. The van der Waals surface area contributed by atoms with E-state index in [-0.39, 0.29) is 18.6 Å². The van der Waals surface area contributed by atoms with Gasteiger partial charge < -0.3 is 25.4 Å². The molecule has 2 atom stereocenters. The Balaban J connectivity index is 2.45. The number of carbonyl (C=O) groups is 1. The first-order valence-corrected chi connectivity index (χ1v) is 6.04. The average Bonchev–Trinajstić information content (AvgIpc) is 2.34. The van der Waals surface area contributed by atoms with Gasteiger partial charge in [0.25, 0.3) is 0 Å². The SMILES string of the molecule is COCCN(CCO)C(=O)C1CNC(C)CN1. The molecule has 0 saturated carbocycles. The van der Waals surface area contributed by atoms with E-state index in [1.165, 1.54) is 0 Å². The summed E-state index contributed by atoms with van der Waals surface area (Å²) in [5.41, 5.74) is 0. The van der Waals surface area contributed by atoms with Crippen LogP contribution in [0.5, 0.6) is 0 Å². The number of hydrogen-bond donors (Lipinski definition) is 3. The number of piperazine rings is 1. The number of rotatable bonds is 6. The molecule has 17 heavy (non-hydrogen) atoms. The molecule has 1 aliphatic rings. The summed E-state index contributed by atoms with van der Waals surface area (Å²) in [4.78, 5) is 13.8. The zero-order valence-electron chi connectivity index (χ0n) is 10.6. The summed E-state index contributed by atoms with van der Waals surface area (Å²) < 4.78 is 4.96. The van der Waals surface area contributed by atoms with E-state index in [2.05, 4.69) is 17.6 Å². The van der Waals surface area contributed by atoms with Crippen LogP contribution < -0.4 is 10.6 Å². The quantitative estimate of drug-likeness (QED) is 0.526. The molecule has 100 valence electrons. The zero-order chi connectivity index (χ0) is 12.7. The number of methoxy groups -OCH3 is 1. The van der Waals surface area contributed by atoms with Crippen LogP contribution in [0.15, 0.2) is 0 Å². The number of carbonyl (C=O) groups excluding carboxylic acids is 1. The minimum absolute atomic E-state index is 0.0218. The van der Waals surface area contributed by atoms with Gasteiger partial charge in [0.05, 0.1) is 19.3 Å². The molecule has 0 radical (unpaired) electrons. The largest absolute Gasteiger partial charge is 0.395 e. The van der Waals surface area contributed by atoms with Crippen LogP contribution in [0.1, 0.15) is 6.92 Å². The molecule has 1 aliphatic heterocycles. The minimum Gasteiger partial charge on any atom is -0.395 e. The highest BCUT2D eigenvalue weighted by Crippen LogP contribution is 2.00. The van der Waals surface area contributed by atoms with Crippen molar-refractivity contribution in [2.45, 2.75) is 19.0 Å². The van der Waals surface area contributed by atoms with Crippen LogP contribution in [0.2, 0.25) is 0 Å². The maximum Gasteiger partial charge on any atom is 0.241 e. The zero-order valence-corrected chi connectivity index (χ0v) is 10.6. The number of aliphatic hydroxyl groups is 1. The van der Waals surface area contributed by atoms with Crippen molar-refractivity contribution in [1.82, 2.24) is 15.5 Å². The highest BCUT2D eigenvalue weighted by molar-refractivity contribution is 5.82. The summed E-state index contributed by atoms with van der Waals surface area (Å²) in [5.74, 6) is 0.0236. The highest BCUT2D eigenvalue weighted by Gasteiger charge is 2.26. The second-order valence-corrected chi connectivity index (χ2v) is 4.31. The van der Waals surface area contributed by atoms with Gasteiger partial charge in [-0.05, 0) is 6.92 Å². The third kappa shape index (κ3) is 4.59. The van der Waals surface area contributed by atoms with Crippen LogP contribution in [-0.4, -0.2) is 74.5 Å². The van der Waals surface area contributed by atoms with Crippen LogP contribution in [0.3, 0.4) is 0 Å². The van der Waals surface area contributed by atoms with Crippen LogP contribution in [0, 0.1) is 0 Å². The van der Waals surface area contributed by atoms with Crippen molar-refractivity contribution in [3.8, 4) is 0 Å². The van der Waals surface area contributed by atoms with Gasteiger partial charge in [-0.1, -0.05) is 0 Å². The van der Waals surface area contributed by atoms with Crippen molar-refractivity contribution >= 4 is 5.91 Å². The molecule has 1 saturated heterocycles. The Bertz CT molecular complexity index is 230. The van der Waals surface area contributed by atoms with Crippen LogP contribution in [0.4, 0.5) is 0 Å². The Kier molecular flexibility index (Phi) is 6.43. The van der Waals surface area contributed by atoms with Gasteiger partial charge in [-0.25, -0.2) is 0 Å². The summed E-state index contributed by atoms with van der Waals surface area (Å²) in [6.45, 7) is 4.83. The second kappa shape index (κ2) is 7.60. The maximum atomic E-state index is 12.2. The third-order valence-corrected chi connectivity index (χ3v) is 2.89. The number of amides is 1. The molecule has 0 bridgehead atoms. The van der Waals surface area contributed by atoms with Gasteiger partial charge in [0, 0.05) is 39.3 Å². The van der Waals surface area contributed by atoms with Gasteiger partial charge >= 0.3 is 0 Å². The predicted octanol–water partition coefficient (Wildman–Crippen LogP) is -1.60. The fourth-order valence-corrected chi connectivity index (χ4v) is 1.83. The van der Waals surface area contributed by atoms with Crippen molar-refractivity contribution in [1.29, 1.82) is 0 Å². The van der Waals surface area contributed by atoms with Gasteiger partial charge in [-0.15, -0.1) is 0 Å². The van der Waals surface area contributed by atoms with Gasteiger partial charge in [0.15, 0.2) is 0 Å². The summed E-state index contributed by atoms with van der Waals surface area (Å²) in [5, 5.41) is 15.4. The van der Waals surface area contributed by atoms with Crippen LogP contribution in [-0.2, 0) is 9.53 Å². The van der Waals surface area contributed by atoms with Gasteiger partial charge in [-0.3, -0.25) is 4.79 Å². The molecular weight excluding hydrogens is 222 g/mol. The Labute approximate surface area is 102 Å². The topological polar surface area (TPSA) is 73.8 Å². The molecule has 6 nitrogen and oxygen atoms in total. The lowest BCUT2D eigenvalue weighted by atomic mass is 10.1. The summed E-state index contributed by atoms with van der Waals surface area (Å²) >= 11 is 0. The molecule has 3 N–H and O–H groups in total. The van der Waals surface area contributed by atoms with E-state index < -0.39 is 0 Å². The van der Waals surface area contributed by atoms with Crippen molar-refractivity contribution < 1.29 is 14.6 Å². The fraction of sp³-hybridized carbons (Fsp3) is 0.909. The Morgan fingerprint density at radius 2 is 2.18 bits per heavy atom. The molecule has 0 spiro atoms. The van der Waals surface area contributed by atoms with E-state index in [0.29, 0.717) is 32.3 Å². The first-order chi connectivity index (χ1) is 8.19. The van der Waals surface area contributed by atoms with E-state index >= 15 is 0 Å². The normalized spacial score (nSPS) is 24.6. The molecule has 1 fully saturated rings. The lowest BCUT2D eigenvalue weighted by Gasteiger charge is -2.32. The second-order valence-electron chi connectivity index (χ2n) is 4.31. The number of nitrogens with zero attached hydrogens (tertiary/aromatic N) is 1. The van der Waals surface area contributed by atoms with Crippen molar-refractivity contribution in [3.63, 3.8) is 0 Å². The molecule has 0 aliphatic carbocycles. The summed E-state index contributed by atoms with van der Waals surface area (Å²) in [6.07, 6.45) is 0. The lowest BCUT2D eigenvalue weighted by Crippen LogP contribution is -2.60. The molecular formula is C11H23N3O3. The predicted molar refractivity (Wildman–Crippen MR) is 64.8 cm³/mol. The van der Waals surface area contributed by atoms with Crippen LogP contribution >= 0.6 is 0 Å². The fourth-order valence-electron chi connectivity index (χ4n) is 1.83. The molecule has 2 unspecified atom stereocenters. The Morgan fingerprint density at radius 3 is 2.71 bits per heavy atom. The molecule has 0 aromatic heterocycles. The lowest BCUT2D eigenvalue weighted by molar-refractivity contribution is -0.135. The van der Waals surface area contributed by atoms with Crippen molar-refractivity contribution in [2.24, 2.45) is 0 Å². The first-order valence-electron chi connectivity index (χ1n) is 6.04. The Morgan fingerprint density at radius 1 is 1.41 bits per heavy atom. The number of nitrogens with one attached hydrogen (secondary N) is 2. The van der Waals surface area contributed by atoms with E-state index in [1.54, 1.807) is 12.0 Å². The molecule has 1 amide bonds. The number of hydrogen-bond acceptors (Lipinski definition) is 5. The van der Waals surface area contributed by atoms with E-state index in [4.69, 9.17) is 9.84 Å². The molecule has 6 heteroatoms. The van der Waals surface area contributed by atoms with E-state index in [0.717, 1.165) is 6.54 Å². The number of aliphatic hydroxyl groups excluding tert-OH is 1. The minimum atomic E-state index is -0.199. The molecule has 0 aromatic rings. The van der Waals surface area contributed by atoms with Crippen molar-refractivity contribution in [2.75, 3.05) is 46.5 Å². The Hall–Kier alpha value is -0.690. The molecule has 1 rings (SSSR count). The highest BCUT2D eigenvalue weighted by atomic mass is 16.5. The average molecular weight is 245 g/mol. The maximum absolute atomic E-state index is 12.2. The van der Waals surface area contributed by atoms with E-state index in [1.807, 2.05) is 0 Å². The van der Waals surface area contributed by atoms with Crippen LogP contribution in [0.25, 0.3) is 0 Å². The van der Waals surface area contributed by atoms with Crippen molar-refractivity contribution in [3.05, 3.63) is 0 Å². The van der Waals surface area contributed by atoms with Gasteiger partial charge in [-0.2, -0.15) is 0 Å². The smallest absolute Gasteiger partial charge is 0.241 e. The summed E-state index contributed by atoms with van der Waals surface area (Å²) in [6, 6.07) is 0.193. The molecule has 1 heterocycles. The van der Waals surface area contributed by atoms with Gasteiger partial charge in [0.1, 0.15) is 0 Å². The van der Waals surface area contributed by atoms with Gasteiger partial charge in [0.2, 0.25) is 5.91 Å². The summed E-state index contributed by atoms with van der Waals surface area (Å²) in [7, 11) is 1.60. The third-order valence-electron chi connectivity index (χ3n) is 2.89.